The molecule has 0 saturated carbocycles. The van der Waals surface area contributed by atoms with Crippen molar-refractivity contribution in [1.29, 1.82) is 0 Å². The van der Waals surface area contributed by atoms with Gasteiger partial charge in [0.05, 0.1) is 24.4 Å². The lowest BCUT2D eigenvalue weighted by molar-refractivity contribution is -0.151. The van der Waals surface area contributed by atoms with Crippen LogP contribution in [-0.2, 0) is 30.5 Å². The molecular weight excluding hydrogens is 492 g/mol. The number of pyridine rings is 1. The minimum Gasteiger partial charge on any atom is -0.456 e. The molecule has 188 valence electrons. The second kappa shape index (κ2) is 13.7. The van der Waals surface area contributed by atoms with Crippen LogP contribution in [0, 0.1) is 0 Å². The molecule has 0 aliphatic carbocycles. The highest BCUT2D eigenvalue weighted by atomic mass is 32.2. The van der Waals surface area contributed by atoms with Crippen LogP contribution in [0.1, 0.15) is 42.9 Å². The predicted octanol–water partition coefficient (Wildman–Crippen LogP) is 1.71. The number of aromatic nitrogens is 1. The number of cyclic esters (lactones) is 1. The van der Waals surface area contributed by atoms with E-state index in [-0.39, 0.29) is 29.5 Å². The lowest BCUT2D eigenvalue weighted by Gasteiger charge is -2.19. The third-order valence-electron chi connectivity index (χ3n) is 4.62. The third kappa shape index (κ3) is 9.57. The molecule has 12 heteroatoms. The van der Waals surface area contributed by atoms with E-state index in [9.17, 15) is 24.0 Å². The number of thioether (sulfide) groups is 2. The number of allylic oxidation sites excluding steroid dienone is 1. The van der Waals surface area contributed by atoms with Crippen molar-refractivity contribution >= 4 is 52.3 Å². The first kappa shape index (κ1) is 28.1. The van der Waals surface area contributed by atoms with Crippen molar-refractivity contribution < 1.29 is 28.7 Å². The minimum atomic E-state index is -1.07. The molecule has 10 nitrogen and oxygen atoms in total. The van der Waals surface area contributed by atoms with E-state index < -0.39 is 35.8 Å². The van der Waals surface area contributed by atoms with Crippen LogP contribution in [0.3, 0.4) is 0 Å². The van der Waals surface area contributed by atoms with E-state index in [0.717, 1.165) is 4.90 Å². The van der Waals surface area contributed by atoms with E-state index in [1.807, 2.05) is 6.26 Å². The molecule has 3 amide bonds. The van der Waals surface area contributed by atoms with Gasteiger partial charge in [0.25, 0.3) is 11.8 Å². The highest BCUT2D eigenvalue weighted by molar-refractivity contribution is 8.13. The van der Waals surface area contributed by atoms with Gasteiger partial charge in [-0.05, 0) is 37.8 Å². The van der Waals surface area contributed by atoms with Crippen LogP contribution in [0.5, 0.6) is 0 Å². The smallest absolute Gasteiger partial charge is 0.328 e. The number of carbonyl (C=O) groups is 5. The van der Waals surface area contributed by atoms with Crippen LogP contribution in [0.15, 0.2) is 41.5 Å². The summed E-state index contributed by atoms with van der Waals surface area (Å²) in [6.45, 7) is 6.50. The van der Waals surface area contributed by atoms with Gasteiger partial charge in [0.15, 0.2) is 5.12 Å². The van der Waals surface area contributed by atoms with Crippen molar-refractivity contribution in [2.24, 2.45) is 0 Å². The number of ether oxygens (including phenoxy) is 1. The topological polar surface area (TPSA) is 144 Å². The molecule has 2 bridgehead atoms. The molecule has 0 unspecified atom stereocenters. The molecule has 2 atom stereocenters. The molecule has 1 aromatic heterocycles. The maximum atomic E-state index is 12.6. The lowest BCUT2D eigenvalue weighted by atomic mass is 10.2. The summed E-state index contributed by atoms with van der Waals surface area (Å²) in [6, 6.07) is 2.23. The Morgan fingerprint density at radius 2 is 2.00 bits per heavy atom. The quantitative estimate of drug-likeness (QED) is 0.174. The first-order chi connectivity index (χ1) is 16.6. The zero-order valence-corrected chi connectivity index (χ0v) is 21.3. The fraction of sp³-hybridized carbons (Fsp3) is 0.391. The molecule has 1 aliphatic rings. The number of hydrogen-bond acceptors (Lipinski definition) is 9. The standard InChI is InChI=1S/C23H28N4O6S2/c1-13-21(30)26-14(2)23(32)33-17(7-5-6-8-35-15(3)28)10-20(29)24-12-16-9-18(34-4)11-19(27-16)22(31)25-13/h5,7,9,11,14,17H,1,6,8,10,12H2,2-4H3,(H,24,29)(H,25,31)(H,26,30)/b7-5+/t14-,17+/m0/s1. The van der Waals surface area contributed by atoms with E-state index in [0.29, 0.717) is 17.9 Å². The van der Waals surface area contributed by atoms with Gasteiger partial charge in [-0.1, -0.05) is 24.4 Å². The Morgan fingerprint density at radius 1 is 1.26 bits per heavy atom. The largest absolute Gasteiger partial charge is 0.456 e. The van der Waals surface area contributed by atoms with Gasteiger partial charge in [0.1, 0.15) is 17.8 Å². The number of fused-ring (bicyclic) bond motifs is 2. The third-order valence-corrected chi connectivity index (χ3v) is 6.17. The molecule has 35 heavy (non-hydrogen) atoms. The van der Waals surface area contributed by atoms with Crippen LogP contribution in [-0.4, -0.2) is 57.9 Å². The number of nitrogens with zero attached hydrogens (tertiary/aromatic N) is 1. The average Bonchev–Trinajstić information content (AvgIpc) is 2.81. The normalized spacial score (nSPS) is 20.1. The number of carbonyl (C=O) groups excluding carboxylic acids is 5. The Balaban J connectivity index is 2.27. The molecule has 1 aromatic rings. The summed E-state index contributed by atoms with van der Waals surface area (Å²) in [6.07, 6.45) is 4.64. The number of nitrogens with one attached hydrogen (secondary N) is 3. The fourth-order valence-corrected chi connectivity index (χ4v) is 3.87. The Bertz CT molecular complexity index is 1040. The van der Waals surface area contributed by atoms with Crippen LogP contribution in [0.2, 0.25) is 0 Å². The van der Waals surface area contributed by atoms with Gasteiger partial charge in [-0.15, -0.1) is 11.8 Å². The van der Waals surface area contributed by atoms with Gasteiger partial charge in [-0.3, -0.25) is 19.2 Å². The summed E-state index contributed by atoms with van der Waals surface area (Å²) in [5, 5.41) is 7.52. The summed E-state index contributed by atoms with van der Waals surface area (Å²) >= 11 is 2.56. The number of esters is 1. The van der Waals surface area contributed by atoms with Crippen molar-refractivity contribution in [3.63, 3.8) is 0 Å². The highest BCUT2D eigenvalue weighted by Gasteiger charge is 2.24. The second-order valence-electron chi connectivity index (χ2n) is 7.52. The van der Waals surface area contributed by atoms with Gasteiger partial charge in [-0.2, -0.15) is 0 Å². The average molecular weight is 521 g/mol. The molecule has 2 rings (SSSR count). The number of rotatable bonds is 5. The van der Waals surface area contributed by atoms with Gasteiger partial charge >= 0.3 is 5.97 Å². The maximum absolute atomic E-state index is 12.6. The maximum Gasteiger partial charge on any atom is 0.328 e. The first-order valence-corrected chi connectivity index (χ1v) is 12.9. The van der Waals surface area contributed by atoms with E-state index >= 15 is 0 Å². The summed E-state index contributed by atoms with van der Waals surface area (Å²) in [5.41, 5.74) is 0.239. The van der Waals surface area contributed by atoms with Crippen molar-refractivity contribution in [2.75, 3.05) is 12.0 Å². The Hall–Kier alpha value is -3.12. The lowest BCUT2D eigenvalue weighted by Crippen LogP contribution is -2.44. The van der Waals surface area contributed by atoms with Crippen molar-refractivity contribution in [3.8, 4) is 0 Å². The number of amides is 3. The SMILES string of the molecule is C=C1NC(=O)c2cc(SC)cc(n2)CNC(=O)C[C@@H](/C=C/CCSC(C)=O)OC(=O)[C@H](C)NC1=O. The molecule has 0 spiro atoms. The van der Waals surface area contributed by atoms with E-state index in [2.05, 4.69) is 27.5 Å². The van der Waals surface area contributed by atoms with Crippen molar-refractivity contribution in [3.05, 3.63) is 47.9 Å². The van der Waals surface area contributed by atoms with Gasteiger partial charge in [-0.25, -0.2) is 9.78 Å². The molecule has 2 heterocycles. The first-order valence-electron chi connectivity index (χ1n) is 10.7. The Kier molecular flexibility index (Phi) is 11.0. The van der Waals surface area contributed by atoms with Gasteiger partial charge < -0.3 is 20.7 Å². The predicted molar refractivity (Wildman–Crippen MR) is 133 cm³/mol. The molecule has 0 saturated heterocycles. The summed E-state index contributed by atoms with van der Waals surface area (Å²) in [4.78, 5) is 66.2. The molecule has 0 radical (unpaired) electrons. The molecule has 1 aliphatic heterocycles. The van der Waals surface area contributed by atoms with Crippen LogP contribution < -0.4 is 16.0 Å². The van der Waals surface area contributed by atoms with E-state index in [1.165, 1.54) is 37.4 Å². The van der Waals surface area contributed by atoms with Gasteiger partial charge in [0, 0.05) is 17.6 Å². The van der Waals surface area contributed by atoms with Crippen LogP contribution in [0.4, 0.5) is 0 Å². The summed E-state index contributed by atoms with van der Waals surface area (Å²) in [5.74, 6) is -2.02. The molecule has 0 fully saturated rings. The minimum absolute atomic E-state index is 0.00133. The van der Waals surface area contributed by atoms with Crippen LogP contribution in [0.25, 0.3) is 0 Å². The Morgan fingerprint density at radius 3 is 2.69 bits per heavy atom. The molecule has 3 N–H and O–H groups in total. The highest BCUT2D eigenvalue weighted by Crippen LogP contribution is 2.17. The summed E-state index contributed by atoms with van der Waals surface area (Å²) in [7, 11) is 0. The Labute approximate surface area is 212 Å². The second-order valence-corrected chi connectivity index (χ2v) is 9.68. The van der Waals surface area contributed by atoms with Gasteiger partial charge in [0.2, 0.25) is 5.91 Å². The van der Waals surface area contributed by atoms with Crippen LogP contribution >= 0.6 is 23.5 Å². The van der Waals surface area contributed by atoms with Crippen molar-refractivity contribution in [2.45, 2.75) is 50.3 Å². The monoisotopic (exact) mass is 520 g/mol. The summed E-state index contributed by atoms with van der Waals surface area (Å²) < 4.78 is 5.44. The van der Waals surface area contributed by atoms with E-state index in [4.69, 9.17) is 4.74 Å². The number of hydrogen-bond donors (Lipinski definition) is 3. The molecular formula is C23H28N4O6S2. The molecule has 0 aromatic carbocycles. The zero-order valence-electron chi connectivity index (χ0n) is 19.7. The van der Waals surface area contributed by atoms with E-state index in [1.54, 1.807) is 24.3 Å². The van der Waals surface area contributed by atoms with Crippen molar-refractivity contribution in [1.82, 2.24) is 20.9 Å². The zero-order chi connectivity index (χ0) is 26.0. The fourth-order valence-electron chi connectivity index (χ4n) is 2.85.